The van der Waals surface area contributed by atoms with Crippen LogP contribution in [0.25, 0.3) is 6.08 Å². The molecule has 3 rings (SSSR count). The van der Waals surface area contributed by atoms with Crippen LogP contribution in [0.1, 0.15) is 31.8 Å². The number of rotatable bonds is 2. The molecule has 110 valence electrons. The van der Waals surface area contributed by atoms with Crippen LogP contribution in [0.4, 0.5) is 0 Å². The Kier molecular flexibility index (Phi) is 3.51. The number of carbonyl (C=O) groups excluding carboxylic acids is 2. The summed E-state index contributed by atoms with van der Waals surface area (Å²) in [5.41, 5.74) is 2.73. The van der Waals surface area contributed by atoms with Crippen molar-refractivity contribution in [2.24, 2.45) is 0 Å². The quantitative estimate of drug-likeness (QED) is 0.629. The average molecular weight is 294 g/mol. The standard InChI is InChI=1S/C18H14O4/c1-11-3-5-12(6-4-11)9-16-17(19)14-10-13(18(20)21-2)7-8-15(14)22-16/h3-10H,1-2H3. The van der Waals surface area contributed by atoms with Gasteiger partial charge in [-0.1, -0.05) is 29.8 Å². The number of hydrogen-bond acceptors (Lipinski definition) is 4. The number of Topliss-reactive ketones (excluding diaryl/α,β-unsaturated/α-hetero) is 1. The third-order valence-corrected chi connectivity index (χ3v) is 3.46. The molecule has 0 radical (unpaired) electrons. The van der Waals surface area contributed by atoms with Crippen molar-refractivity contribution in [2.75, 3.05) is 7.11 Å². The first-order valence-corrected chi connectivity index (χ1v) is 6.82. The van der Waals surface area contributed by atoms with Crippen LogP contribution in [-0.2, 0) is 4.74 Å². The van der Waals surface area contributed by atoms with Crippen molar-refractivity contribution in [1.82, 2.24) is 0 Å². The van der Waals surface area contributed by atoms with E-state index >= 15 is 0 Å². The van der Waals surface area contributed by atoms with E-state index in [0.29, 0.717) is 16.9 Å². The van der Waals surface area contributed by atoms with E-state index < -0.39 is 5.97 Å². The van der Waals surface area contributed by atoms with Gasteiger partial charge < -0.3 is 9.47 Å². The Morgan fingerprint density at radius 1 is 1.14 bits per heavy atom. The van der Waals surface area contributed by atoms with E-state index in [0.717, 1.165) is 11.1 Å². The Labute approximate surface area is 128 Å². The maximum Gasteiger partial charge on any atom is 0.337 e. The zero-order chi connectivity index (χ0) is 15.7. The zero-order valence-corrected chi connectivity index (χ0v) is 12.3. The monoisotopic (exact) mass is 294 g/mol. The van der Waals surface area contributed by atoms with Crippen LogP contribution >= 0.6 is 0 Å². The normalized spacial score (nSPS) is 14.6. The second-order valence-electron chi connectivity index (χ2n) is 5.05. The fraction of sp³-hybridized carbons (Fsp3) is 0.111. The van der Waals surface area contributed by atoms with Gasteiger partial charge in [0.05, 0.1) is 18.2 Å². The molecule has 2 aromatic rings. The molecule has 0 bridgehead atoms. The second kappa shape index (κ2) is 5.48. The minimum Gasteiger partial charge on any atom is -0.465 e. The maximum absolute atomic E-state index is 12.4. The van der Waals surface area contributed by atoms with E-state index in [4.69, 9.17) is 4.74 Å². The number of aryl methyl sites for hydroxylation is 1. The summed E-state index contributed by atoms with van der Waals surface area (Å²) in [6.07, 6.45) is 1.69. The van der Waals surface area contributed by atoms with E-state index in [-0.39, 0.29) is 11.5 Å². The van der Waals surface area contributed by atoms with Crippen molar-refractivity contribution < 1.29 is 19.1 Å². The van der Waals surface area contributed by atoms with Gasteiger partial charge in [0.15, 0.2) is 5.76 Å². The highest BCUT2D eigenvalue weighted by Crippen LogP contribution is 2.32. The molecule has 1 heterocycles. The molecule has 4 heteroatoms. The second-order valence-corrected chi connectivity index (χ2v) is 5.05. The molecule has 0 spiro atoms. The minimum absolute atomic E-state index is 0.235. The first kappa shape index (κ1) is 14.1. The summed E-state index contributed by atoms with van der Waals surface area (Å²) in [5.74, 6) is -0.00947. The molecule has 1 aliphatic heterocycles. The summed E-state index contributed by atoms with van der Waals surface area (Å²) in [6, 6.07) is 12.5. The predicted octanol–water partition coefficient (Wildman–Crippen LogP) is 3.40. The lowest BCUT2D eigenvalue weighted by atomic mass is 10.1. The van der Waals surface area contributed by atoms with E-state index in [1.54, 1.807) is 18.2 Å². The molecular formula is C18H14O4. The number of benzene rings is 2. The third-order valence-electron chi connectivity index (χ3n) is 3.46. The largest absolute Gasteiger partial charge is 0.465 e. The number of carbonyl (C=O) groups is 2. The lowest BCUT2D eigenvalue weighted by molar-refractivity contribution is 0.0600. The number of esters is 1. The molecule has 0 N–H and O–H groups in total. The van der Waals surface area contributed by atoms with Crippen LogP contribution in [0, 0.1) is 6.92 Å². The zero-order valence-electron chi connectivity index (χ0n) is 12.3. The fourth-order valence-electron chi connectivity index (χ4n) is 2.25. The molecule has 0 aromatic heterocycles. The molecule has 0 aliphatic carbocycles. The highest BCUT2D eigenvalue weighted by atomic mass is 16.5. The first-order chi connectivity index (χ1) is 10.6. The van der Waals surface area contributed by atoms with Crippen molar-refractivity contribution in [3.8, 4) is 5.75 Å². The molecule has 1 aliphatic rings. The van der Waals surface area contributed by atoms with Crippen LogP contribution in [-0.4, -0.2) is 18.9 Å². The van der Waals surface area contributed by atoms with Gasteiger partial charge in [0.2, 0.25) is 5.78 Å². The van der Waals surface area contributed by atoms with Gasteiger partial charge in [-0.05, 0) is 36.8 Å². The van der Waals surface area contributed by atoms with Crippen LogP contribution < -0.4 is 4.74 Å². The lowest BCUT2D eigenvalue weighted by Gasteiger charge is -2.00. The number of fused-ring (bicyclic) bond motifs is 1. The summed E-state index contributed by atoms with van der Waals surface area (Å²) in [4.78, 5) is 23.9. The first-order valence-electron chi connectivity index (χ1n) is 6.82. The molecular weight excluding hydrogens is 280 g/mol. The Balaban J connectivity index is 1.94. The molecule has 0 fully saturated rings. The minimum atomic E-state index is -0.480. The summed E-state index contributed by atoms with van der Waals surface area (Å²) in [5, 5.41) is 0. The molecule has 0 amide bonds. The van der Waals surface area contributed by atoms with Gasteiger partial charge in [0, 0.05) is 0 Å². The molecule has 4 nitrogen and oxygen atoms in total. The van der Waals surface area contributed by atoms with Crippen LogP contribution in [0.2, 0.25) is 0 Å². The van der Waals surface area contributed by atoms with Crippen LogP contribution in [0.15, 0.2) is 48.2 Å². The lowest BCUT2D eigenvalue weighted by Crippen LogP contribution is -2.02. The van der Waals surface area contributed by atoms with Gasteiger partial charge in [-0.3, -0.25) is 4.79 Å². The van der Waals surface area contributed by atoms with Gasteiger partial charge in [-0.15, -0.1) is 0 Å². The fourth-order valence-corrected chi connectivity index (χ4v) is 2.25. The van der Waals surface area contributed by atoms with Crippen molar-refractivity contribution in [1.29, 1.82) is 0 Å². The number of hydrogen-bond donors (Lipinski definition) is 0. The summed E-state index contributed by atoms with van der Waals surface area (Å²) >= 11 is 0. The average Bonchev–Trinajstić information content (AvgIpc) is 2.84. The number of methoxy groups -OCH3 is 1. The highest BCUT2D eigenvalue weighted by molar-refractivity contribution is 6.15. The Hall–Kier alpha value is -2.88. The predicted molar refractivity (Wildman–Crippen MR) is 81.9 cm³/mol. The Bertz CT molecular complexity index is 785. The van der Waals surface area contributed by atoms with E-state index in [1.807, 2.05) is 31.2 Å². The molecule has 0 saturated carbocycles. The highest BCUT2D eigenvalue weighted by Gasteiger charge is 2.28. The molecule has 0 saturated heterocycles. The smallest absolute Gasteiger partial charge is 0.337 e. The van der Waals surface area contributed by atoms with Crippen molar-refractivity contribution in [2.45, 2.75) is 6.92 Å². The van der Waals surface area contributed by atoms with Crippen molar-refractivity contribution in [3.63, 3.8) is 0 Å². The molecule has 2 aromatic carbocycles. The third kappa shape index (κ3) is 2.51. The molecule has 22 heavy (non-hydrogen) atoms. The van der Waals surface area contributed by atoms with Gasteiger partial charge in [0.1, 0.15) is 5.75 Å². The van der Waals surface area contributed by atoms with Gasteiger partial charge in [-0.2, -0.15) is 0 Å². The van der Waals surface area contributed by atoms with Crippen molar-refractivity contribution in [3.05, 3.63) is 70.5 Å². The molecule has 0 unspecified atom stereocenters. The summed E-state index contributed by atoms with van der Waals surface area (Å²) in [7, 11) is 1.30. The van der Waals surface area contributed by atoms with Crippen molar-refractivity contribution >= 4 is 17.8 Å². The summed E-state index contributed by atoms with van der Waals surface area (Å²) < 4.78 is 10.2. The number of allylic oxidation sites excluding steroid dienone is 1. The van der Waals surface area contributed by atoms with E-state index in [2.05, 4.69) is 4.74 Å². The van der Waals surface area contributed by atoms with Gasteiger partial charge in [0.25, 0.3) is 0 Å². The van der Waals surface area contributed by atoms with E-state index in [1.165, 1.54) is 13.2 Å². The van der Waals surface area contributed by atoms with Gasteiger partial charge in [-0.25, -0.2) is 4.79 Å². The van der Waals surface area contributed by atoms with Gasteiger partial charge >= 0.3 is 5.97 Å². The number of ketones is 1. The molecule has 0 atom stereocenters. The SMILES string of the molecule is COC(=O)c1ccc2c(c1)C(=O)C(=Cc1ccc(C)cc1)O2. The van der Waals surface area contributed by atoms with Crippen LogP contribution in [0.5, 0.6) is 5.75 Å². The Morgan fingerprint density at radius 3 is 2.55 bits per heavy atom. The van der Waals surface area contributed by atoms with Crippen LogP contribution in [0.3, 0.4) is 0 Å². The number of ether oxygens (including phenoxy) is 2. The van der Waals surface area contributed by atoms with E-state index in [9.17, 15) is 9.59 Å². The summed E-state index contributed by atoms with van der Waals surface area (Å²) in [6.45, 7) is 2.00. The Morgan fingerprint density at radius 2 is 1.86 bits per heavy atom. The maximum atomic E-state index is 12.4. The topological polar surface area (TPSA) is 52.6 Å².